The molecule has 2 aromatic heterocycles. The highest BCUT2D eigenvalue weighted by atomic mass is 16.5. The van der Waals surface area contributed by atoms with Crippen molar-refractivity contribution in [1.82, 2.24) is 25.2 Å². The van der Waals surface area contributed by atoms with Crippen LogP contribution >= 0.6 is 0 Å². The van der Waals surface area contributed by atoms with Gasteiger partial charge >= 0.3 is 0 Å². The van der Waals surface area contributed by atoms with Gasteiger partial charge in [-0.05, 0) is 49.7 Å². The number of benzene rings is 1. The first-order valence-electron chi connectivity index (χ1n) is 13.5. The lowest BCUT2D eigenvalue weighted by molar-refractivity contribution is 0.0299. The molecular weight excluding hydrogens is 480 g/mol. The van der Waals surface area contributed by atoms with E-state index in [1.165, 1.54) is 0 Å². The number of aromatic nitrogens is 3. The number of fused-ring (bicyclic) bond motifs is 3. The monoisotopic (exact) mass is 512 g/mol. The molecule has 38 heavy (non-hydrogen) atoms. The summed E-state index contributed by atoms with van der Waals surface area (Å²) in [5.41, 5.74) is 5.23. The van der Waals surface area contributed by atoms with Crippen LogP contribution in [0.1, 0.15) is 28.8 Å². The molecule has 4 aliphatic rings. The first-order valence-corrected chi connectivity index (χ1v) is 13.5. The fourth-order valence-electron chi connectivity index (χ4n) is 5.97. The van der Waals surface area contributed by atoms with Gasteiger partial charge in [0.25, 0.3) is 5.91 Å². The van der Waals surface area contributed by atoms with Crippen molar-refractivity contribution in [2.75, 3.05) is 61.4 Å². The molecule has 3 aromatic rings. The van der Waals surface area contributed by atoms with E-state index in [1.807, 2.05) is 36.7 Å². The Labute approximate surface area is 222 Å². The summed E-state index contributed by atoms with van der Waals surface area (Å²) < 4.78 is 5.98. The van der Waals surface area contributed by atoms with Crippen molar-refractivity contribution in [2.45, 2.75) is 31.6 Å². The molecule has 0 spiro atoms. The van der Waals surface area contributed by atoms with Crippen LogP contribution in [0, 0.1) is 0 Å². The number of nitrogens with one attached hydrogen (secondary N) is 2. The van der Waals surface area contributed by atoms with Crippen LogP contribution < -0.4 is 20.4 Å². The number of morpholine rings is 1. The van der Waals surface area contributed by atoms with E-state index in [-0.39, 0.29) is 18.1 Å². The molecule has 10 heteroatoms. The number of hydrogen-bond donors (Lipinski definition) is 2. The lowest BCUT2D eigenvalue weighted by Crippen LogP contribution is -2.44. The molecule has 4 aliphatic heterocycles. The summed E-state index contributed by atoms with van der Waals surface area (Å²) in [6.07, 6.45) is 6.45. The van der Waals surface area contributed by atoms with Gasteiger partial charge in [-0.1, -0.05) is 6.07 Å². The average molecular weight is 513 g/mol. The molecule has 6 heterocycles. The number of rotatable bonds is 5. The van der Waals surface area contributed by atoms with Crippen molar-refractivity contribution in [2.24, 2.45) is 0 Å². The Morgan fingerprint density at radius 1 is 0.974 bits per heavy atom. The van der Waals surface area contributed by atoms with Gasteiger partial charge in [-0.15, -0.1) is 0 Å². The molecule has 10 nitrogen and oxygen atoms in total. The molecule has 2 atom stereocenters. The van der Waals surface area contributed by atoms with E-state index in [9.17, 15) is 4.79 Å². The zero-order valence-corrected chi connectivity index (χ0v) is 21.6. The zero-order valence-electron chi connectivity index (χ0n) is 21.6. The van der Waals surface area contributed by atoms with Gasteiger partial charge in [0.05, 0.1) is 41.0 Å². The van der Waals surface area contributed by atoms with Crippen molar-refractivity contribution in [3.05, 3.63) is 53.9 Å². The summed E-state index contributed by atoms with van der Waals surface area (Å²) in [6.45, 7) is 6.21. The summed E-state index contributed by atoms with van der Waals surface area (Å²) >= 11 is 0. The van der Waals surface area contributed by atoms with E-state index < -0.39 is 0 Å². The number of nitrogens with zero attached hydrogens (tertiary/aromatic N) is 6. The summed E-state index contributed by atoms with van der Waals surface area (Å²) in [7, 11) is 2.15. The second kappa shape index (κ2) is 9.52. The van der Waals surface area contributed by atoms with Crippen LogP contribution in [0.2, 0.25) is 0 Å². The van der Waals surface area contributed by atoms with Crippen molar-refractivity contribution >= 4 is 29.0 Å². The maximum absolute atomic E-state index is 12.9. The first-order chi connectivity index (χ1) is 18.6. The van der Waals surface area contributed by atoms with Crippen LogP contribution in [-0.4, -0.2) is 84.3 Å². The molecule has 0 radical (unpaired) electrons. The highest BCUT2D eigenvalue weighted by Gasteiger charge is 2.35. The third-order valence-electron chi connectivity index (χ3n) is 8.09. The number of amides is 1. The topological polar surface area (TPSA) is 98.8 Å². The molecule has 1 aromatic carbocycles. The number of carbonyl (C=O) groups is 1. The van der Waals surface area contributed by atoms with E-state index >= 15 is 0 Å². The quantitative estimate of drug-likeness (QED) is 0.535. The third kappa shape index (κ3) is 4.33. The summed E-state index contributed by atoms with van der Waals surface area (Å²) in [4.78, 5) is 34.0. The lowest BCUT2D eigenvalue weighted by Gasteiger charge is -2.33. The van der Waals surface area contributed by atoms with E-state index in [0.717, 1.165) is 86.3 Å². The van der Waals surface area contributed by atoms with E-state index in [2.05, 4.69) is 48.4 Å². The van der Waals surface area contributed by atoms with Gasteiger partial charge in [-0.25, -0.2) is 15.0 Å². The number of carbonyl (C=O) groups excluding carboxylic acids is 1. The third-order valence-corrected chi connectivity index (χ3v) is 8.09. The van der Waals surface area contributed by atoms with Gasteiger partial charge in [0.15, 0.2) is 0 Å². The molecule has 2 unspecified atom stereocenters. The zero-order chi connectivity index (χ0) is 25.6. The van der Waals surface area contributed by atoms with Crippen LogP contribution in [-0.2, 0) is 11.3 Å². The Hall–Kier alpha value is -3.76. The minimum atomic E-state index is -0.0857. The Morgan fingerprint density at radius 2 is 1.79 bits per heavy atom. The highest BCUT2D eigenvalue weighted by Crippen LogP contribution is 2.35. The fourth-order valence-corrected chi connectivity index (χ4v) is 5.97. The van der Waals surface area contributed by atoms with Gasteiger partial charge in [0.2, 0.25) is 5.95 Å². The number of anilines is 4. The van der Waals surface area contributed by atoms with Crippen molar-refractivity contribution in [3.8, 4) is 11.3 Å². The van der Waals surface area contributed by atoms with Crippen LogP contribution in [0.5, 0.6) is 0 Å². The minimum absolute atomic E-state index is 0.0857. The van der Waals surface area contributed by atoms with Crippen molar-refractivity contribution < 1.29 is 9.53 Å². The minimum Gasteiger partial charge on any atom is -0.371 e. The smallest absolute Gasteiger partial charge is 0.254 e. The van der Waals surface area contributed by atoms with E-state index in [1.54, 1.807) is 0 Å². The van der Waals surface area contributed by atoms with Crippen molar-refractivity contribution in [3.63, 3.8) is 0 Å². The highest BCUT2D eigenvalue weighted by molar-refractivity contribution is 6.06. The predicted molar refractivity (Wildman–Crippen MR) is 146 cm³/mol. The lowest BCUT2D eigenvalue weighted by atomic mass is 9.98. The SMILES string of the molecule is CN1CCN(c2ccc(Nc3ccc(-c4ccnc(N5CC6CCC(C5)O6)n4)c4c3C(=O)NC4)nc2)CC1. The molecular formula is C28H32N8O2. The van der Waals surface area contributed by atoms with Gasteiger partial charge in [0, 0.05) is 57.6 Å². The summed E-state index contributed by atoms with van der Waals surface area (Å²) in [5, 5.41) is 6.37. The maximum Gasteiger partial charge on any atom is 0.254 e. The second-order valence-corrected chi connectivity index (χ2v) is 10.6. The molecule has 196 valence electrons. The largest absolute Gasteiger partial charge is 0.371 e. The Morgan fingerprint density at radius 3 is 2.55 bits per heavy atom. The van der Waals surface area contributed by atoms with E-state index in [0.29, 0.717) is 17.9 Å². The molecule has 0 saturated carbocycles. The predicted octanol–water partition coefficient (Wildman–Crippen LogP) is 2.65. The molecule has 7 rings (SSSR count). The van der Waals surface area contributed by atoms with Crippen LogP contribution in [0.3, 0.4) is 0 Å². The fraction of sp³-hybridized carbons (Fsp3) is 0.429. The number of pyridine rings is 1. The van der Waals surface area contributed by atoms with Crippen LogP contribution in [0.4, 0.5) is 23.1 Å². The van der Waals surface area contributed by atoms with Gasteiger partial charge in [0.1, 0.15) is 5.82 Å². The van der Waals surface area contributed by atoms with Crippen LogP contribution in [0.15, 0.2) is 42.7 Å². The molecule has 2 bridgehead atoms. The Bertz CT molecular complexity index is 1340. The Balaban J connectivity index is 1.14. The van der Waals surface area contributed by atoms with Crippen molar-refractivity contribution in [1.29, 1.82) is 0 Å². The number of likely N-dealkylation sites (N-methyl/N-ethyl adjacent to an activating group) is 1. The normalized spacial score (nSPS) is 22.9. The average Bonchev–Trinajstić information content (AvgIpc) is 3.51. The Kier molecular flexibility index (Phi) is 5.85. The molecule has 2 N–H and O–H groups in total. The standard InChI is InChI=1S/C28H32N8O2/c1-34-10-12-35(13-11-34)18-2-7-25(30-14-18)32-24-6-5-21(22-15-31-27(37)26(22)24)23-8-9-29-28(33-23)36-16-19-3-4-20(17-36)38-19/h2,5-9,14,19-20H,3-4,10-13,15-17H2,1H3,(H,30,32)(H,31,37). The number of ether oxygens (including phenoxy) is 1. The van der Waals surface area contributed by atoms with Gasteiger partial charge in [-0.3, -0.25) is 4.79 Å². The van der Waals surface area contributed by atoms with E-state index in [4.69, 9.17) is 9.72 Å². The summed E-state index contributed by atoms with van der Waals surface area (Å²) in [6, 6.07) is 9.98. The van der Waals surface area contributed by atoms with Crippen LogP contribution in [0.25, 0.3) is 11.3 Å². The second-order valence-electron chi connectivity index (χ2n) is 10.6. The first kappa shape index (κ1) is 23.4. The van der Waals surface area contributed by atoms with Gasteiger partial charge in [-0.2, -0.15) is 0 Å². The summed E-state index contributed by atoms with van der Waals surface area (Å²) in [5.74, 6) is 1.35. The molecule has 0 aliphatic carbocycles. The number of hydrogen-bond acceptors (Lipinski definition) is 9. The number of piperazine rings is 1. The molecule has 1 amide bonds. The molecule has 3 saturated heterocycles. The van der Waals surface area contributed by atoms with Gasteiger partial charge < -0.3 is 30.1 Å². The molecule has 3 fully saturated rings. The maximum atomic E-state index is 12.9.